The highest BCUT2D eigenvalue weighted by Crippen LogP contribution is 2.39. The number of aromatic amines is 1. The molecule has 1 atom stereocenters. The van der Waals surface area contributed by atoms with Crippen molar-refractivity contribution in [3.63, 3.8) is 0 Å². The third-order valence-corrected chi connectivity index (χ3v) is 4.68. The van der Waals surface area contributed by atoms with E-state index in [2.05, 4.69) is 46.5 Å². The van der Waals surface area contributed by atoms with Crippen molar-refractivity contribution >= 4 is 22.4 Å². The zero-order valence-electron chi connectivity index (χ0n) is 13.4. The van der Waals surface area contributed by atoms with Crippen LogP contribution in [-0.4, -0.2) is 15.2 Å². The van der Waals surface area contributed by atoms with Gasteiger partial charge in [0.05, 0.1) is 11.2 Å². The molecule has 1 aromatic carbocycles. The third kappa shape index (κ3) is 2.31. The Morgan fingerprint density at radius 3 is 2.96 bits per heavy atom. The Kier molecular flexibility index (Phi) is 3.37. The Bertz CT molecular complexity index is 891. The molecule has 3 aromatic rings. The number of anilines is 1. The molecular weight excluding hydrogens is 284 g/mol. The van der Waals surface area contributed by atoms with E-state index in [0.29, 0.717) is 5.92 Å². The van der Waals surface area contributed by atoms with Gasteiger partial charge < -0.3 is 5.32 Å². The summed E-state index contributed by atoms with van der Waals surface area (Å²) < 4.78 is 0. The molecule has 4 rings (SSSR count). The van der Waals surface area contributed by atoms with E-state index in [9.17, 15) is 0 Å². The third-order valence-electron chi connectivity index (χ3n) is 4.68. The molecule has 23 heavy (non-hydrogen) atoms. The highest BCUT2D eigenvalue weighted by molar-refractivity contribution is 5.94. The molecule has 0 aliphatic heterocycles. The Hall–Kier alpha value is -2.62. The van der Waals surface area contributed by atoms with Gasteiger partial charge in [0.15, 0.2) is 5.82 Å². The molecule has 1 aliphatic carbocycles. The Morgan fingerprint density at radius 1 is 1.22 bits per heavy atom. The summed E-state index contributed by atoms with van der Waals surface area (Å²) in [6, 6.07) is 12.3. The van der Waals surface area contributed by atoms with Crippen LogP contribution in [0.1, 0.15) is 43.9 Å². The van der Waals surface area contributed by atoms with Gasteiger partial charge in [-0.3, -0.25) is 10.1 Å². The summed E-state index contributed by atoms with van der Waals surface area (Å²) in [5, 5.41) is 12.2. The maximum absolute atomic E-state index is 4.65. The highest BCUT2D eigenvalue weighted by atomic mass is 15.2. The van der Waals surface area contributed by atoms with Gasteiger partial charge in [-0.1, -0.05) is 19.1 Å². The lowest BCUT2D eigenvalue weighted by molar-refractivity contribution is 0.626. The van der Waals surface area contributed by atoms with E-state index in [1.165, 1.54) is 16.8 Å². The normalized spacial score (nSPS) is 17.4. The van der Waals surface area contributed by atoms with E-state index >= 15 is 0 Å². The first-order chi connectivity index (χ1) is 11.3. The maximum Gasteiger partial charge on any atom is 0.160 e. The van der Waals surface area contributed by atoms with Crippen molar-refractivity contribution in [1.29, 1.82) is 0 Å². The molecule has 4 heteroatoms. The van der Waals surface area contributed by atoms with Gasteiger partial charge in [0, 0.05) is 28.8 Å². The minimum atomic E-state index is 0.507. The first-order valence-electron chi connectivity index (χ1n) is 8.13. The summed E-state index contributed by atoms with van der Waals surface area (Å²) >= 11 is 0. The number of hydrogen-bond acceptors (Lipinski definition) is 3. The molecule has 2 heterocycles. The Balaban J connectivity index is 1.79. The molecule has 0 spiro atoms. The molecule has 0 saturated carbocycles. The molecule has 0 saturated heterocycles. The second kappa shape index (κ2) is 5.54. The monoisotopic (exact) mass is 304 g/mol. The van der Waals surface area contributed by atoms with Crippen LogP contribution in [0.5, 0.6) is 0 Å². The van der Waals surface area contributed by atoms with E-state index in [1.807, 2.05) is 30.5 Å². The smallest absolute Gasteiger partial charge is 0.160 e. The summed E-state index contributed by atoms with van der Waals surface area (Å²) in [5.41, 5.74) is 5.96. The van der Waals surface area contributed by atoms with Crippen molar-refractivity contribution in [3.05, 3.63) is 59.4 Å². The maximum atomic E-state index is 4.65. The fourth-order valence-corrected chi connectivity index (χ4v) is 3.44. The second-order valence-electron chi connectivity index (χ2n) is 6.14. The standard InChI is InChI=1S/C19H20N4/c1-3-13-11-12(2)17(15-8-6-10-20-18(13)15)21-19-14-7-4-5-9-16(14)22-23-19/h4-10,13H,3,11H2,1-2H3,(H2,21,22,23). The Labute approximate surface area is 135 Å². The van der Waals surface area contributed by atoms with Crippen molar-refractivity contribution in [3.8, 4) is 0 Å². The largest absolute Gasteiger partial charge is 0.338 e. The number of rotatable bonds is 3. The van der Waals surface area contributed by atoms with Crippen LogP contribution >= 0.6 is 0 Å². The van der Waals surface area contributed by atoms with Crippen molar-refractivity contribution in [2.75, 3.05) is 5.32 Å². The van der Waals surface area contributed by atoms with Gasteiger partial charge in [-0.25, -0.2) is 0 Å². The zero-order chi connectivity index (χ0) is 15.8. The van der Waals surface area contributed by atoms with Crippen molar-refractivity contribution in [2.45, 2.75) is 32.6 Å². The molecule has 116 valence electrons. The molecule has 0 bridgehead atoms. The van der Waals surface area contributed by atoms with Gasteiger partial charge >= 0.3 is 0 Å². The fourth-order valence-electron chi connectivity index (χ4n) is 3.44. The van der Waals surface area contributed by atoms with Crippen LogP contribution in [0.15, 0.2) is 48.2 Å². The first kappa shape index (κ1) is 14.0. The van der Waals surface area contributed by atoms with E-state index < -0.39 is 0 Å². The van der Waals surface area contributed by atoms with Gasteiger partial charge in [-0.2, -0.15) is 5.10 Å². The number of nitrogens with zero attached hydrogens (tertiary/aromatic N) is 2. The summed E-state index contributed by atoms with van der Waals surface area (Å²) in [6.45, 7) is 4.44. The topological polar surface area (TPSA) is 53.6 Å². The average Bonchev–Trinajstić information content (AvgIpc) is 3.00. The lowest BCUT2D eigenvalue weighted by Crippen LogP contribution is -2.15. The molecular formula is C19H20N4. The van der Waals surface area contributed by atoms with E-state index in [0.717, 1.165) is 35.3 Å². The van der Waals surface area contributed by atoms with Crippen LogP contribution in [0, 0.1) is 0 Å². The molecule has 2 N–H and O–H groups in total. The molecule has 0 radical (unpaired) electrons. The predicted octanol–water partition coefficient (Wildman–Crippen LogP) is 4.70. The predicted molar refractivity (Wildman–Crippen MR) is 94.2 cm³/mol. The summed E-state index contributed by atoms with van der Waals surface area (Å²) in [5.74, 6) is 1.38. The number of nitrogens with one attached hydrogen (secondary N) is 2. The van der Waals surface area contributed by atoms with E-state index in [-0.39, 0.29) is 0 Å². The number of para-hydroxylation sites is 1. The minimum absolute atomic E-state index is 0.507. The second-order valence-corrected chi connectivity index (χ2v) is 6.14. The van der Waals surface area contributed by atoms with Gasteiger partial charge in [0.25, 0.3) is 0 Å². The molecule has 4 nitrogen and oxygen atoms in total. The molecule has 1 aliphatic rings. The van der Waals surface area contributed by atoms with Gasteiger partial charge in [-0.15, -0.1) is 0 Å². The van der Waals surface area contributed by atoms with Crippen LogP contribution in [0.2, 0.25) is 0 Å². The van der Waals surface area contributed by atoms with E-state index in [4.69, 9.17) is 0 Å². The summed E-state index contributed by atoms with van der Waals surface area (Å²) in [7, 11) is 0. The molecule has 1 unspecified atom stereocenters. The van der Waals surface area contributed by atoms with Crippen LogP contribution < -0.4 is 5.32 Å². The van der Waals surface area contributed by atoms with Crippen LogP contribution in [0.25, 0.3) is 16.6 Å². The number of pyridine rings is 1. The van der Waals surface area contributed by atoms with Crippen molar-refractivity contribution in [2.24, 2.45) is 0 Å². The fraction of sp³-hybridized carbons (Fsp3) is 0.263. The van der Waals surface area contributed by atoms with Gasteiger partial charge in [0.2, 0.25) is 0 Å². The van der Waals surface area contributed by atoms with E-state index in [1.54, 1.807) is 0 Å². The quantitative estimate of drug-likeness (QED) is 0.737. The van der Waals surface area contributed by atoms with Crippen molar-refractivity contribution in [1.82, 2.24) is 15.2 Å². The first-order valence-corrected chi connectivity index (χ1v) is 8.13. The average molecular weight is 304 g/mol. The Morgan fingerprint density at radius 2 is 2.09 bits per heavy atom. The van der Waals surface area contributed by atoms with Crippen molar-refractivity contribution < 1.29 is 0 Å². The summed E-state index contributed by atoms with van der Waals surface area (Å²) in [4.78, 5) is 4.65. The minimum Gasteiger partial charge on any atom is -0.338 e. The number of hydrogen-bond donors (Lipinski definition) is 2. The van der Waals surface area contributed by atoms with Gasteiger partial charge in [0.1, 0.15) is 0 Å². The molecule has 0 fully saturated rings. The number of allylic oxidation sites excluding steroid dienone is 1. The lowest BCUT2D eigenvalue weighted by Gasteiger charge is -2.27. The number of fused-ring (bicyclic) bond motifs is 2. The molecule has 2 aromatic heterocycles. The molecule has 0 amide bonds. The summed E-state index contributed by atoms with van der Waals surface area (Å²) in [6.07, 6.45) is 4.05. The highest BCUT2D eigenvalue weighted by Gasteiger charge is 2.25. The van der Waals surface area contributed by atoms with Crippen LogP contribution in [0.3, 0.4) is 0 Å². The van der Waals surface area contributed by atoms with Crippen LogP contribution in [-0.2, 0) is 0 Å². The number of aromatic nitrogens is 3. The van der Waals surface area contributed by atoms with Gasteiger partial charge in [-0.05, 0) is 49.6 Å². The van der Waals surface area contributed by atoms with Crippen LogP contribution in [0.4, 0.5) is 5.82 Å². The lowest BCUT2D eigenvalue weighted by atomic mass is 9.83. The SMILES string of the molecule is CCC1CC(C)=C(Nc2n[nH]c3ccccc23)c2cccnc21. The zero-order valence-corrected chi connectivity index (χ0v) is 13.4. The number of benzene rings is 1. The number of H-pyrrole nitrogens is 1.